The van der Waals surface area contributed by atoms with Crippen LogP contribution in [0.25, 0.3) is 0 Å². The highest BCUT2D eigenvalue weighted by atomic mass is 16.6. The molecule has 7 heteroatoms. The molecule has 2 aromatic rings. The van der Waals surface area contributed by atoms with Crippen LogP contribution in [0.15, 0.2) is 64.2 Å². The predicted octanol–water partition coefficient (Wildman–Crippen LogP) is 2.86. The van der Waals surface area contributed by atoms with Crippen LogP contribution in [-0.2, 0) is 16.1 Å². The monoisotopic (exact) mass is 300 g/mol. The summed E-state index contributed by atoms with van der Waals surface area (Å²) in [5.74, 6) is -0.941. The third-order valence-corrected chi connectivity index (χ3v) is 2.59. The largest absolute Gasteiger partial charge is 0.456 e. The average molecular weight is 300 g/mol. The van der Waals surface area contributed by atoms with E-state index in [0.717, 1.165) is 5.56 Å². The summed E-state index contributed by atoms with van der Waals surface area (Å²) in [5.41, 5.74) is 0.712. The van der Waals surface area contributed by atoms with E-state index in [-0.39, 0.29) is 18.1 Å². The van der Waals surface area contributed by atoms with Crippen LogP contribution in [0.1, 0.15) is 11.3 Å². The van der Waals surface area contributed by atoms with Gasteiger partial charge >= 0.3 is 11.9 Å². The van der Waals surface area contributed by atoms with Crippen LogP contribution < -0.4 is 0 Å². The second-order valence-electron chi connectivity index (χ2n) is 4.20. The molecule has 0 aliphatic rings. The van der Waals surface area contributed by atoms with E-state index in [1.807, 2.05) is 30.3 Å². The molecule has 2 rings (SSSR count). The summed E-state index contributed by atoms with van der Waals surface area (Å²) in [6.45, 7) is 3.59. The second-order valence-corrected chi connectivity index (χ2v) is 4.20. The van der Waals surface area contributed by atoms with Crippen LogP contribution in [0, 0.1) is 10.1 Å². The second kappa shape index (κ2) is 6.98. The summed E-state index contributed by atoms with van der Waals surface area (Å²) in [6, 6.07) is 11.7. The van der Waals surface area contributed by atoms with E-state index in [0.29, 0.717) is 0 Å². The van der Waals surface area contributed by atoms with Gasteiger partial charge in [-0.1, -0.05) is 36.9 Å². The van der Waals surface area contributed by atoms with Crippen molar-refractivity contribution in [2.45, 2.75) is 6.61 Å². The zero-order valence-electron chi connectivity index (χ0n) is 11.5. The molecule has 0 bridgehead atoms. The molecule has 1 heterocycles. The van der Waals surface area contributed by atoms with Crippen LogP contribution in [0.5, 0.6) is 0 Å². The Kier molecular flexibility index (Phi) is 4.81. The van der Waals surface area contributed by atoms with E-state index in [4.69, 9.17) is 9.15 Å². The summed E-state index contributed by atoms with van der Waals surface area (Å²) in [5, 5.41) is 10.5. The molecule has 112 valence electrons. The zero-order valence-corrected chi connectivity index (χ0v) is 11.5. The lowest BCUT2D eigenvalue weighted by Gasteiger charge is -2.03. The molecule has 0 radical (unpaired) electrons. The highest BCUT2D eigenvalue weighted by Gasteiger charge is 2.11. The Labute approximate surface area is 125 Å². The standard InChI is InChI=1S/C15H12N2O5/c1-11(15(18)21-10-12-5-3-2-4-6-12)16-9-13-7-8-14(22-13)17(19)20/h2-9H,1,10H2. The Morgan fingerprint density at radius 1 is 1.32 bits per heavy atom. The minimum Gasteiger partial charge on any atom is -0.456 e. The van der Waals surface area contributed by atoms with Crippen LogP contribution in [0.4, 0.5) is 5.88 Å². The van der Waals surface area contributed by atoms with E-state index < -0.39 is 16.8 Å². The Bertz CT molecular complexity index is 719. The van der Waals surface area contributed by atoms with Gasteiger partial charge < -0.3 is 9.15 Å². The number of furan rings is 1. The average Bonchev–Trinajstić information content (AvgIpc) is 3.00. The molecule has 0 amide bonds. The molecule has 0 atom stereocenters. The molecule has 0 unspecified atom stereocenters. The number of aliphatic imine (C=N–C) groups is 1. The van der Waals surface area contributed by atoms with Crippen molar-refractivity contribution in [1.82, 2.24) is 0 Å². The van der Waals surface area contributed by atoms with Crippen LogP contribution in [-0.4, -0.2) is 17.1 Å². The summed E-state index contributed by atoms with van der Waals surface area (Å²) in [7, 11) is 0. The molecule has 0 saturated carbocycles. The van der Waals surface area contributed by atoms with Gasteiger partial charge in [0.15, 0.2) is 5.76 Å². The first-order valence-corrected chi connectivity index (χ1v) is 6.24. The van der Waals surface area contributed by atoms with Crippen molar-refractivity contribution in [1.29, 1.82) is 0 Å². The molecule has 0 spiro atoms. The normalized spacial score (nSPS) is 10.5. The van der Waals surface area contributed by atoms with Crippen molar-refractivity contribution >= 4 is 18.1 Å². The van der Waals surface area contributed by atoms with E-state index in [1.165, 1.54) is 18.3 Å². The molecular formula is C15H12N2O5. The van der Waals surface area contributed by atoms with Crippen LogP contribution in [0.2, 0.25) is 0 Å². The van der Waals surface area contributed by atoms with Gasteiger partial charge in [-0.05, 0) is 11.6 Å². The maximum atomic E-state index is 11.7. The highest BCUT2D eigenvalue weighted by Crippen LogP contribution is 2.14. The Morgan fingerprint density at radius 3 is 2.68 bits per heavy atom. The van der Waals surface area contributed by atoms with Gasteiger partial charge in [-0.15, -0.1) is 0 Å². The van der Waals surface area contributed by atoms with Gasteiger partial charge in [0.2, 0.25) is 0 Å². The topological polar surface area (TPSA) is 94.9 Å². The minimum absolute atomic E-state index is 0.112. The van der Waals surface area contributed by atoms with E-state index >= 15 is 0 Å². The zero-order chi connectivity index (χ0) is 15.9. The number of benzene rings is 1. The summed E-state index contributed by atoms with van der Waals surface area (Å²) in [6.07, 6.45) is 1.17. The van der Waals surface area contributed by atoms with Crippen molar-refractivity contribution in [3.8, 4) is 0 Å². The third kappa shape index (κ3) is 4.14. The lowest BCUT2D eigenvalue weighted by atomic mass is 10.2. The molecule has 7 nitrogen and oxygen atoms in total. The van der Waals surface area contributed by atoms with Crippen molar-refractivity contribution < 1.29 is 18.9 Å². The smallest absolute Gasteiger partial charge is 0.433 e. The first-order valence-electron chi connectivity index (χ1n) is 6.24. The lowest BCUT2D eigenvalue weighted by Crippen LogP contribution is -2.06. The number of carbonyl (C=O) groups excluding carboxylic acids is 1. The maximum absolute atomic E-state index is 11.7. The molecule has 0 fully saturated rings. The SMILES string of the molecule is C=C(N=Cc1ccc([N+](=O)[O-])o1)C(=O)OCc1ccccc1. The number of hydrogen-bond donors (Lipinski definition) is 0. The van der Waals surface area contributed by atoms with Gasteiger partial charge in [0.25, 0.3) is 0 Å². The van der Waals surface area contributed by atoms with Crippen molar-refractivity contribution in [3.63, 3.8) is 0 Å². The Hall–Kier alpha value is -3.22. The number of hydrogen-bond acceptors (Lipinski definition) is 6. The first kappa shape index (κ1) is 15.2. The number of nitro groups is 1. The fourth-order valence-electron chi connectivity index (χ4n) is 1.51. The molecule has 0 aliphatic heterocycles. The quantitative estimate of drug-likeness (QED) is 0.269. The number of ether oxygens (including phenoxy) is 1. The lowest BCUT2D eigenvalue weighted by molar-refractivity contribution is -0.402. The first-order chi connectivity index (χ1) is 10.6. The molecule has 1 aromatic carbocycles. The van der Waals surface area contributed by atoms with Gasteiger partial charge in [-0.3, -0.25) is 10.1 Å². The van der Waals surface area contributed by atoms with Crippen molar-refractivity contribution in [2.24, 2.45) is 4.99 Å². The molecule has 0 N–H and O–H groups in total. The van der Waals surface area contributed by atoms with E-state index in [1.54, 1.807) is 0 Å². The van der Waals surface area contributed by atoms with Crippen molar-refractivity contribution in [3.05, 3.63) is 76.2 Å². The molecule has 22 heavy (non-hydrogen) atoms. The van der Waals surface area contributed by atoms with Crippen LogP contribution >= 0.6 is 0 Å². The minimum atomic E-state index is -0.679. The molecule has 0 aliphatic carbocycles. The predicted molar refractivity (Wildman–Crippen MR) is 78.3 cm³/mol. The summed E-state index contributed by atoms with van der Waals surface area (Å²) < 4.78 is 9.89. The fourth-order valence-corrected chi connectivity index (χ4v) is 1.51. The van der Waals surface area contributed by atoms with Gasteiger partial charge in [0.1, 0.15) is 17.2 Å². The molecule has 1 aromatic heterocycles. The van der Waals surface area contributed by atoms with Crippen LogP contribution in [0.3, 0.4) is 0 Å². The maximum Gasteiger partial charge on any atom is 0.433 e. The Balaban J connectivity index is 1.89. The third-order valence-electron chi connectivity index (χ3n) is 2.59. The van der Waals surface area contributed by atoms with E-state index in [9.17, 15) is 14.9 Å². The van der Waals surface area contributed by atoms with Gasteiger partial charge in [0.05, 0.1) is 12.3 Å². The van der Waals surface area contributed by atoms with Crippen molar-refractivity contribution in [2.75, 3.05) is 0 Å². The van der Waals surface area contributed by atoms with Gasteiger partial charge in [-0.2, -0.15) is 0 Å². The number of rotatable bonds is 6. The fraction of sp³-hybridized carbons (Fsp3) is 0.0667. The van der Waals surface area contributed by atoms with E-state index in [2.05, 4.69) is 11.6 Å². The van der Waals surface area contributed by atoms with Gasteiger partial charge in [-0.25, -0.2) is 9.79 Å². The number of nitrogens with zero attached hydrogens (tertiary/aromatic N) is 2. The molecular weight excluding hydrogens is 288 g/mol. The molecule has 0 saturated heterocycles. The van der Waals surface area contributed by atoms with Gasteiger partial charge in [0, 0.05) is 0 Å². The Morgan fingerprint density at radius 2 is 2.05 bits per heavy atom. The summed E-state index contributed by atoms with van der Waals surface area (Å²) in [4.78, 5) is 25.2. The highest BCUT2D eigenvalue weighted by molar-refractivity contribution is 5.91. The number of carbonyl (C=O) groups is 1. The number of esters is 1. The summed E-state index contributed by atoms with van der Waals surface area (Å²) >= 11 is 0.